The highest BCUT2D eigenvalue weighted by Gasteiger charge is 2.29. The summed E-state index contributed by atoms with van der Waals surface area (Å²) < 4.78 is 33.3. The number of rotatable bonds is 4. The molecule has 0 radical (unpaired) electrons. The van der Waals surface area contributed by atoms with E-state index in [4.69, 9.17) is 4.74 Å². The van der Waals surface area contributed by atoms with Crippen LogP contribution >= 0.6 is 11.3 Å². The van der Waals surface area contributed by atoms with Crippen LogP contribution in [0.25, 0.3) is 10.4 Å². The molecule has 7 nitrogen and oxygen atoms in total. The van der Waals surface area contributed by atoms with Gasteiger partial charge in [-0.15, -0.1) is 0 Å². The Balaban J connectivity index is 1.62. The zero-order valence-electron chi connectivity index (χ0n) is 19.1. The standard InChI is InChI=1S/C24H27N3O4S2/c1-16-21(32-22(25-16)26-23(28)31-24(2,3)4)18-12-13-20-17(15-18)9-8-14-27(20)33(29,30)19-10-6-5-7-11-19/h5-7,10-13,15H,8-9,14H2,1-4H3,(H,25,26,28). The molecule has 33 heavy (non-hydrogen) atoms. The maximum absolute atomic E-state index is 13.2. The minimum absolute atomic E-state index is 0.290. The summed E-state index contributed by atoms with van der Waals surface area (Å²) in [5.74, 6) is 0. The average molecular weight is 486 g/mol. The van der Waals surface area contributed by atoms with E-state index in [2.05, 4.69) is 10.3 Å². The molecule has 0 spiro atoms. The highest BCUT2D eigenvalue weighted by atomic mass is 32.2. The summed E-state index contributed by atoms with van der Waals surface area (Å²) in [7, 11) is -3.62. The summed E-state index contributed by atoms with van der Waals surface area (Å²) >= 11 is 1.37. The van der Waals surface area contributed by atoms with Gasteiger partial charge >= 0.3 is 6.09 Å². The Morgan fingerprint density at radius 1 is 1.15 bits per heavy atom. The molecule has 9 heteroatoms. The molecule has 1 aliphatic heterocycles. The van der Waals surface area contributed by atoms with Crippen molar-refractivity contribution >= 4 is 38.3 Å². The minimum atomic E-state index is -3.62. The molecule has 0 atom stereocenters. The number of thiazole rings is 1. The maximum atomic E-state index is 13.2. The van der Waals surface area contributed by atoms with Crippen molar-refractivity contribution in [3.63, 3.8) is 0 Å². The van der Waals surface area contributed by atoms with E-state index < -0.39 is 21.7 Å². The summed E-state index contributed by atoms with van der Waals surface area (Å²) in [6.45, 7) is 7.75. The van der Waals surface area contributed by atoms with Gasteiger partial charge in [0.1, 0.15) is 5.60 Å². The second-order valence-electron chi connectivity index (χ2n) is 8.90. The van der Waals surface area contributed by atoms with Crippen molar-refractivity contribution < 1.29 is 17.9 Å². The lowest BCUT2D eigenvalue weighted by Crippen LogP contribution is -2.35. The first kappa shape index (κ1) is 23.3. The largest absolute Gasteiger partial charge is 0.444 e. The highest BCUT2D eigenvalue weighted by Crippen LogP contribution is 2.38. The number of carbonyl (C=O) groups is 1. The van der Waals surface area contributed by atoms with Crippen molar-refractivity contribution in [2.45, 2.75) is 51.0 Å². The Morgan fingerprint density at radius 2 is 1.88 bits per heavy atom. The second-order valence-corrected chi connectivity index (χ2v) is 11.8. The smallest absolute Gasteiger partial charge is 0.413 e. The number of anilines is 2. The normalized spacial score (nSPS) is 14.0. The first-order valence-corrected chi connectivity index (χ1v) is 13.0. The number of amides is 1. The first-order valence-electron chi connectivity index (χ1n) is 10.7. The Kier molecular flexibility index (Phi) is 6.20. The van der Waals surface area contributed by atoms with Crippen molar-refractivity contribution in [1.29, 1.82) is 0 Å². The van der Waals surface area contributed by atoms with Crippen LogP contribution in [0.1, 0.15) is 38.4 Å². The second kappa shape index (κ2) is 8.79. The molecule has 1 amide bonds. The topological polar surface area (TPSA) is 88.6 Å². The van der Waals surface area contributed by atoms with E-state index in [1.165, 1.54) is 15.6 Å². The van der Waals surface area contributed by atoms with Gasteiger partial charge in [-0.1, -0.05) is 35.6 Å². The van der Waals surface area contributed by atoms with Crippen LogP contribution in [0.15, 0.2) is 53.4 Å². The fourth-order valence-electron chi connectivity index (χ4n) is 3.78. The number of carbonyl (C=O) groups excluding carboxylic acids is 1. The molecule has 3 aromatic rings. The predicted octanol–water partition coefficient (Wildman–Crippen LogP) is 5.61. The predicted molar refractivity (Wildman–Crippen MR) is 131 cm³/mol. The number of aryl methyl sites for hydroxylation is 2. The van der Waals surface area contributed by atoms with Crippen LogP contribution < -0.4 is 9.62 Å². The molecule has 2 heterocycles. The maximum Gasteiger partial charge on any atom is 0.413 e. The number of hydrogen-bond acceptors (Lipinski definition) is 6. The Morgan fingerprint density at radius 3 is 2.58 bits per heavy atom. The molecule has 0 unspecified atom stereocenters. The summed E-state index contributed by atoms with van der Waals surface area (Å²) in [5, 5.41) is 3.16. The van der Waals surface area contributed by atoms with E-state index in [-0.39, 0.29) is 4.90 Å². The van der Waals surface area contributed by atoms with Gasteiger partial charge in [-0.2, -0.15) is 0 Å². The van der Waals surface area contributed by atoms with Gasteiger partial charge in [0, 0.05) is 6.54 Å². The third kappa shape index (κ3) is 5.04. The molecule has 4 rings (SSSR count). The van der Waals surface area contributed by atoms with E-state index in [0.717, 1.165) is 34.5 Å². The molecule has 1 N–H and O–H groups in total. The lowest BCUT2D eigenvalue weighted by molar-refractivity contribution is 0.0636. The number of nitrogens with zero attached hydrogens (tertiary/aromatic N) is 2. The van der Waals surface area contributed by atoms with E-state index in [9.17, 15) is 13.2 Å². The quantitative estimate of drug-likeness (QED) is 0.519. The minimum Gasteiger partial charge on any atom is -0.444 e. The lowest BCUT2D eigenvalue weighted by Gasteiger charge is -2.30. The summed E-state index contributed by atoms with van der Waals surface area (Å²) in [5.41, 5.74) is 2.83. The molecule has 2 aromatic carbocycles. The summed E-state index contributed by atoms with van der Waals surface area (Å²) in [4.78, 5) is 17.8. The monoisotopic (exact) mass is 485 g/mol. The third-order valence-electron chi connectivity index (χ3n) is 5.15. The van der Waals surface area contributed by atoms with Crippen LogP contribution in [0.3, 0.4) is 0 Å². The van der Waals surface area contributed by atoms with E-state index in [1.54, 1.807) is 51.1 Å². The number of aromatic nitrogens is 1. The van der Waals surface area contributed by atoms with Crippen LogP contribution in [0, 0.1) is 6.92 Å². The van der Waals surface area contributed by atoms with Gasteiger partial charge in [0.05, 0.1) is 21.2 Å². The van der Waals surface area contributed by atoms with Gasteiger partial charge in [0.2, 0.25) is 0 Å². The van der Waals surface area contributed by atoms with Gasteiger partial charge in [0.25, 0.3) is 10.0 Å². The number of fused-ring (bicyclic) bond motifs is 1. The van der Waals surface area contributed by atoms with Crippen LogP contribution in [0.5, 0.6) is 0 Å². The number of sulfonamides is 1. The lowest BCUT2D eigenvalue weighted by atomic mass is 10.00. The summed E-state index contributed by atoms with van der Waals surface area (Å²) in [6.07, 6.45) is 0.996. The number of hydrogen-bond donors (Lipinski definition) is 1. The number of benzene rings is 2. The molecule has 0 fully saturated rings. The molecule has 1 aromatic heterocycles. The van der Waals surface area contributed by atoms with E-state index in [1.807, 2.05) is 25.1 Å². The van der Waals surface area contributed by atoms with Crippen LogP contribution in [-0.4, -0.2) is 31.6 Å². The molecule has 0 bridgehead atoms. The first-order chi connectivity index (χ1) is 15.5. The molecule has 0 saturated heterocycles. The SMILES string of the molecule is Cc1nc(NC(=O)OC(C)(C)C)sc1-c1ccc2c(c1)CCCN2S(=O)(=O)c1ccccc1. The molecule has 174 valence electrons. The molecule has 0 saturated carbocycles. The van der Waals surface area contributed by atoms with Gasteiger partial charge < -0.3 is 4.74 Å². The van der Waals surface area contributed by atoms with Crippen LogP contribution in [0.4, 0.5) is 15.6 Å². The van der Waals surface area contributed by atoms with Gasteiger partial charge in [-0.3, -0.25) is 9.62 Å². The van der Waals surface area contributed by atoms with Crippen LogP contribution in [-0.2, 0) is 21.2 Å². The molecule has 1 aliphatic rings. The van der Waals surface area contributed by atoms with Gasteiger partial charge in [-0.05, 0) is 75.9 Å². The Bertz CT molecular complexity index is 1280. The highest BCUT2D eigenvalue weighted by molar-refractivity contribution is 7.92. The summed E-state index contributed by atoms with van der Waals surface area (Å²) in [6, 6.07) is 14.3. The van der Waals surface area contributed by atoms with Crippen molar-refractivity contribution in [2.75, 3.05) is 16.2 Å². The van der Waals surface area contributed by atoms with Gasteiger partial charge in [-0.25, -0.2) is 18.2 Å². The van der Waals surface area contributed by atoms with E-state index >= 15 is 0 Å². The molecular formula is C24H27N3O4S2. The molecular weight excluding hydrogens is 458 g/mol. The molecule has 0 aliphatic carbocycles. The fraction of sp³-hybridized carbons (Fsp3) is 0.333. The Hall–Kier alpha value is -2.91. The van der Waals surface area contributed by atoms with Crippen molar-refractivity contribution in [2.24, 2.45) is 0 Å². The van der Waals surface area contributed by atoms with Crippen molar-refractivity contribution in [1.82, 2.24) is 4.98 Å². The zero-order valence-corrected chi connectivity index (χ0v) is 20.7. The third-order valence-corrected chi connectivity index (χ3v) is 8.10. The van der Waals surface area contributed by atoms with Gasteiger partial charge in [0.15, 0.2) is 5.13 Å². The van der Waals surface area contributed by atoms with Crippen LogP contribution in [0.2, 0.25) is 0 Å². The van der Waals surface area contributed by atoms with E-state index in [0.29, 0.717) is 17.4 Å². The fourth-order valence-corrected chi connectivity index (χ4v) is 6.29. The zero-order chi connectivity index (χ0) is 23.8. The van der Waals surface area contributed by atoms with Crippen molar-refractivity contribution in [3.05, 3.63) is 59.8 Å². The van der Waals surface area contributed by atoms with Crippen molar-refractivity contribution in [3.8, 4) is 10.4 Å². The number of ether oxygens (including phenoxy) is 1. The Labute approximate surface area is 198 Å². The number of nitrogens with one attached hydrogen (secondary N) is 1. The average Bonchev–Trinajstić information content (AvgIpc) is 3.11.